The number of halogens is 4. The third-order valence-electron chi connectivity index (χ3n) is 12.1. The highest BCUT2D eigenvalue weighted by atomic mass is 35.5. The second-order valence-corrected chi connectivity index (χ2v) is 16.9. The minimum Gasteiger partial charge on any atom is -0.461 e. The summed E-state index contributed by atoms with van der Waals surface area (Å²) in [6.07, 6.45) is 5.01. The van der Waals surface area contributed by atoms with Gasteiger partial charge in [0.2, 0.25) is 5.91 Å². The number of carbonyl (C=O) groups excluding carboxylic acids is 1. The number of fused-ring (bicyclic) bond motifs is 3. The van der Waals surface area contributed by atoms with E-state index >= 15 is 4.39 Å². The number of nitrogens with two attached hydrogens (primary N) is 1. The number of nitrogen functional groups attached to an aromatic ring is 1. The van der Waals surface area contributed by atoms with Crippen molar-refractivity contribution in [2.75, 3.05) is 43.9 Å². The molecule has 3 aliphatic heterocycles. The molecule has 4 atom stereocenters. The van der Waals surface area contributed by atoms with Crippen LogP contribution in [0.3, 0.4) is 0 Å². The number of benzene rings is 2. The Labute approximate surface area is 302 Å². The Morgan fingerprint density at radius 2 is 2.04 bits per heavy atom. The van der Waals surface area contributed by atoms with E-state index in [4.69, 9.17) is 27.1 Å². The predicted octanol–water partition coefficient (Wildman–Crippen LogP) is 7.08. The first-order valence-corrected chi connectivity index (χ1v) is 18.8. The van der Waals surface area contributed by atoms with Gasteiger partial charge in [0.1, 0.15) is 41.0 Å². The molecule has 2 saturated carbocycles. The van der Waals surface area contributed by atoms with Gasteiger partial charge in [-0.2, -0.15) is 15.2 Å². The van der Waals surface area contributed by atoms with Gasteiger partial charge in [0.05, 0.1) is 26.9 Å². The molecule has 5 aliphatic rings. The molecule has 0 radical (unpaired) electrons. The number of ether oxygens (including phenoxy) is 1. The SMILES string of the molecule is CC1C(N(C)c2nc(OCC34CC(F)CN3CC3(CC3)C4)nc3c(F)c(-c4ccc(F)c5sc(N)c(C#N)c45)c(Cl)cc23)CCN1C(=O)C1CC1. The monoisotopic (exact) mass is 735 g/mol. The molecule has 14 heteroatoms. The maximum Gasteiger partial charge on any atom is 0.319 e. The molecule has 9 rings (SSSR count). The normalized spacial score (nSPS) is 26.7. The summed E-state index contributed by atoms with van der Waals surface area (Å²) >= 11 is 7.83. The van der Waals surface area contributed by atoms with Crippen LogP contribution < -0.4 is 15.4 Å². The van der Waals surface area contributed by atoms with Crippen LogP contribution in [0.15, 0.2) is 18.2 Å². The molecular weight excluding hydrogens is 699 g/mol. The molecule has 2 aromatic carbocycles. The van der Waals surface area contributed by atoms with E-state index in [9.17, 15) is 18.8 Å². The van der Waals surface area contributed by atoms with Crippen LogP contribution in [0.1, 0.15) is 57.4 Å². The first-order valence-electron chi connectivity index (χ1n) is 17.6. The molecule has 0 bridgehead atoms. The van der Waals surface area contributed by atoms with Crippen molar-refractivity contribution in [3.05, 3.63) is 40.4 Å². The van der Waals surface area contributed by atoms with Gasteiger partial charge < -0.3 is 20.3 Å². The fraction of sp³-hybridized carbons (Fsp3) is 0.514. The molecule has 9 nitrogen and oxygen atoms in total. The molecular formula is C37H37ClF3N7O2S. The number of thiophene rings is 1. The van der Waals surface area contributed by atoms with Gasteiger partial charge in [0.15, 0.2) is 5.82 Å². The van der Waals surface area contributed by atoms with Crippen LogP contribution in [0, 0.1) is 34.3 Å². The van der Waals surface area contributed by atoms with Crippen molar-refractivity contribution < 1.29 is 22.7 Å². The summed E-state index contributed by atoms with van der Waals surface area (Å²) in [6, 6.07) is 5.92. The minimum atomic E-state index is -0.951. The predicted molar refractivity (Wildman–Crippen MR) is 191 cm³/mol. The molecule has 5 heterocycles. The maximum absolute atomic E-state index is 17.2. The molecule has 5 fully saturated rings. The molecule has 51 heavy (non-hydrogen) atoms. The van der Waals surface area contributed by atoms with Crippen molar-refractivity contribution in [1.29, 1.82) is 5.26 Å². The highest BCUT2D eigenvalue weighted by Crippen LogP contribution is 2.61. The van der Waals surface area contributed by atoms with Crippen LogP contribution in [-0.4, -0.2) is 82.8 Å². The Morgan fingerprint density at radius 1 is 1.25 bits per heavy atom. The van der Waals surface area contributed by atoms with Crippen LogP contribution in [-0.2, 0) is 4.79 Å². The van der Waals surface area contributed by atoms with E-state index in [2.05, 4.69) is 9.88 Å². The number of likely N-dealkylation sites (tertiary alicyclic amines) is 1. The van der Waals surface area contributed by atoms with Gasteiger partial charge in [-0.3, -0.25) is 9.69 Å². The fourth-order valence-corrected chi connectivity index (χ4v) is 10.5. The molecule has 4 aromatic rings. The van der Waals surface area contributed by atoms with E-state index in [1.54, 1.807) is 6.07 Å². The summed E-state index contributed by atoms with van der Waals surface area (Å²) in [7, 11) is 1.87. The lowest BCUT2D eigenvalue weighted by Gasteiger charge is -2.33. The molecule has 266 valence electrons. The number of nitrogens with zero attached hydrogens (tertiary/aromatic N) is 6. The summed E-state index contributed by atoms with van der Waals surface area (Å²) in [5.74, 6) is -0.725. The lowest BCUT2D eigenvalue weighted by Crippen LogP contribution is -2.45. The molecule has 1 spiro atoms. The molecule has 2 N–H and O–H groups in total. The lowest BCUT2D eigenvalue weighted by molar-refractivity contribution is -0.133. The van der Waals surface area contributed by atoms with E-state index in [1.165, 1.54) is 12.1 Å². The lowest BCUT2D eigenvalue weighted by atomic mass is 9.89. The van der Waals surface area contributed by atoms with Crippen LogP contribution in [0.4, 0.5) is 24.0 Å². The number of likely N-dealkylation sites (N-methyl/N-ethyl adjacent to an activating group) is 1. The minimum absolute atomic E-state index is 0.0219. The van der Waals surface area contributed by atoms with Crippen molar-refractivity contribution >= 4 is 60.7 Å². The number of alkyl halides is 1. The highest BCUT2D eigenvalue weighted by molar-refractivity contribution is 7.23. The summed E-state index contributed by atoms with van der Waals surface area (Å²) in [5.41, 5.74) is 5.97. The summed E-state index contributed by atoms with van der Waals surface area (Å²) in [6.45, 7) is 4.00. The topological polar surface area (TPSA) is 112 Å². The maximum atomic E-state index is 17.2. The summed E-state index contributed by atoms with van der Waals surface area (Å²) in [5, 5.41) is 10.6. The number of anilines is 2. The Hall–Kier alpha value is -3.86. The zero-order chi connectivity index (χ0) is 35.6. The van der Waals surface area contributed by atoms with Gasteiger partial charge in [-0.25, -0.2) is 13.2 Å². The second-order valence-electron chi connectivity index (χ2n) is 15.4. The molecule has 3 saturated heterocycles. The Morgan fingerprint density at radius 3 is 2.76 bits per heavy atom. The van der Waals surface area contributed by atoms with Gasteiger partial charge in [0, 0.05) is 61.4 Å². The molecule has 2 aromatic heterocycles. The van der Waals surface area contributed by atoms with Gasteiger partial charge in [-0.1, -0.05) is 17.7 Å². The van der Waals surface area contributed by atoms with E-state index in [-0.39, 0.29) is 84.3 Å². The molecule has 1 amide bonds. The summed E-state index contributed by atoms with van der Waals surface area (Å²) < 4.78 is 53.5. The highest BCUT2D eigenvalue weighted by Gasteiger charge is 2.62. The number of hydrogen-bond acceptors (Lipinski definition) is 9. The van der Waals surface area contributed by atoms with E-state index in [1.807, 2.05) is 29.8 Å². The Kier molecular flexibility index (Phi) is 7.49. The quantitative estimate of drug-likeness (QED) is 0.215. The van der Waals surface area contributed by atoms with Crippen molar-refractivity contribution in [3.8, 4) is 23.2 Å². The largest absolute Gasteiger partial charge is 0.461 e. The number of rotatable bonds is 7. The van der Waals surface area contributed by atoms with Gasteiger partial charge >= 0.3 is 6.01 Å². The smallest absolute Gasteiger partial charge is 0.319 e. The number of nitriles is 1. The first kappa shape index (κ1) is 33.0. The van der Waals surface area contributed by atoms with Crippen molar-refractivity contribution in [2.45, 2.75) is 75.7 Å². The summed E-state index contributed by atoms with van der Waals surface area (Å²) in [4.78, 5) is 28.7. The average molecular weight is 736 g/mol. The van der Waals surface area contributed by atoms with Crippen molar-refractivity contribution in [2.24, 2.45) is 11.3 Å². The molecule has 4 unspecified atom stereocenters. The van der Waals surface area contributed by atoms with Crippen molar-refractivity contribution in [1.82, 2.24) is 19.8 Å². The van der Waals surface area contributed by atoms with E-state index < -0.39 is 23.3 Å². The Bertz CT molecular complexity index is 2190. The third kappa shape index (κ3) is 5.15. The fourth-order valence-electron chi connectivity index (χ4n) is 9.25. The number of carbonyl (C=O) groups is 1. The van der Waals surface area contributed by atoms with E-state index in [0.717, 1.165) is 50.0 Å². The first-order chi connectivity index (χ1) is 24.4. The Balaban J connectivity index is 1.16. The van der Waals surface area contributed by atoms with Gasteiger partial charge in [0.25, 0.3) is 0 Å². The van der Waals surface area contributed by atoms with E-state index in [0.29, 0.717) is 37.1 Å². The van der Waals surface area contributed by atoms with Crippen LogP contribution in [0.25, 0.3) is 32.1 Å². The number of aromatic nitrogens is 2. The molecule has 2 aliphatic carbocycles. The zero-order valence-corrected chi connectivity index (χ0v) is 29.9. The van der Waals surface area contributed by atoms with Crippen LogP contribution in [0.5, 0.6) is 6.01 Å². The average Bonchev–Trinajstić information content (AvgIpc) is 3.96. The van der Waals surface area contributed by atoms with Gasteiger partial charge in [-0.15, -0.1) is 11.3 Å². The third-order valence-corrected chi connectivity index (χ3v) is 13.5. The van der Waals surface area contributed by atoms with Crippen LogP contribution in [0.2, 0.25) is 5.02 Å². The standard InChI is InChI=1S/C37H37ClF3N7O2S/c1-18-26(7-10-48(18)34(49)19-3-4-19)46(2)33-22-11-24(38)28(21-5-6-25(40)31-27(21)23(13-42)32(43)51-31)29(41)30(22)44-35(45-33)50-17-37-12-20(39)14-47(37)16-36(15-37)8-9-36/h5-6,11,18-20,26H,3-4,7-10,12,14-17,43H2,1-2H3. The zero-order valence-electron chi connectivity index (χ0n) is 28.3. The second kappa shape index (κ2) is 11.6. The number of hydrogen-bond donors (Lipinski definition) is 1. The van der Waals surface area contributed by atoms with Gasteiger partial charge in [-0.05, 0) is 68.6 Å². The van der Waals surface area contributed by atoms with Crippen LogP contribution >= 0.6 is 22.9 Å². The number of amides is 1. The van der Waals surface area contributed by atoms with Crippen molar-refractivity contribution in [3.63, 3.8) is 0 Å².